The fraction of sp³-hybridized carbons (Fsp3) is 0.500. The molecular weight excluding hydrogens is 351 g/mol. The Morgan fingerprint density at radius 2 is 1.83 bits per heavy atom. The lowest BCUT2D eigenvalue weighted by Crippen LogP contribution is -2.20. The minimum Gasteiger partial charge on any atom is -0.323 e. The van der Waals surface area contributed by atoms with Crippen molar-refractivity contribution < 1.29 is 27.3 Å². The molecule has 0 bridgehead atoms. The number of allylic oxidation sites excluding steroid dienone is 2. The van der Waals surface area contributed by atoms with E-state index in [1.165, 1.54) is 5.56 Å². The maximum Gasteiger partial charge on any atom is 0.346 e. The predicted molar refractivity (Wildman–Crippen MR) is 94.4 cm³/mol. The van der Waals surface area contributed by atoms with Gasteiger partial charge in [-0.15, -0.1) is 0 Å². The molecule has 0 aromatic heterocycles. The Bertz CT molecular complexity index is 678. The van der Waals surface area contributed by atoms with Crippen LogP contribution in [0.5, 0.6) is 0 Å². The van der Waals surface area contributed by atoms with Crippen molar-refractivity contribution >= 4 is 17.7 Å². The average molecular weight is 376 g/mol. The quantitative estimate of drug-likeness (QED) is 0.249. The fourth-order valence-corrected chi connectivity index (χ4v) is 4.82. The van der Waals surface area contributed by atoms with Crippen LogP contribution in [-0.2, 0) is 21.1 Å². The highest BCUT2D eigenvalue weighted by molar-refractivity contribution is 7.93. The van der Waals surface area contributed by atoms with Gasteiger partial charge in [0.25, 0.3) is 10.1 Å². The zero-order valence-electron chi connectivity index (χ0n) is 13.7. The first kappa shape index (κ1) is 21.1. The number of hydrogen-bond acceptors (Lipinski definition) is 3. The summed E-state index contributed by atoms with van der Waals surface area (Å²) in [5.74, 6) is 0. The molecule has 0 saturated heterocycles. The van der Waals surface area contributed by atoms with E-state index in [2.05, 4.69) is 12.1 Å². The first-order valence-electron chi connectivity index (χ1n) is 7.82. The Kier molecular flexibility index (Phi) is 8.33. The van der Waals surface area contributed by atoms with Gasteiger partial charge in [0, 0.05) is 0 Å². The summed E-state index contributed by atoms with van der Waals surface area (Å²) in [7, 11) is -9.62. The van der Waals surface area contributed by atoms with Gasteiger partial charge in [-0.1, -0.05) is 42.0 Å². The SMILES string of the molecule is CC(=CCCCC(P(=O)(O)O)S(=O)(=O)O)CCCc1ccccc1. The first-order chi connectivity index (χ1) is 11.1. The van der Waals surface area contributed by atoms with E-state index in [-0.39, 0.29) is 12.8 Å². The molecule has 136 valence electrons. The van der Waals surface area contributed by atoms with Gasteiger partial charge in [-0.25, -0.2) is 0 Å². The highest BCUT2D eigenvalue weighted by Crippen LogP contribution is 2.46. The normalized spacial score (nSPS) is 14.6. The molecule has 1 atom stereocenters. The molecule has 0 heterocycles. The molecule has 0 aliphatic carbocycles. The summed E-state index contributed by atoms with van der Waals surface area (Å²) in [6.45, 7) is 1.98. The summed E-state index contributed by atoms with van der Waals surface area (Å²) < 4.78 is 42.1. The van der Waals surface area contributed by atoms with E-state index in [0.29, 0.717) is 6.42 Å². The molecule has 24 heavy (non-hydrogen) atoms. The number of benzene rings is 1. The number of aryl methyl sites for hydroxylation is 1. The van der Waals surface area contributed by atoms with Crippen molar-refractivity contribution in [2.24, 2.45) is 0 Å². The highest BCUT2D eigenvalue weighted by Gasteiger charge is 2.38. The molecule has 1 rings (SSSR count). The molecule has 0 aliphatic rings. The van der Waals surface area contributed by atoms with Gasteiger partial charge in [0.15, 0.2) is 4.99 Å². The van der Waals surface area contributed by atoms with Crippen molar-refractivity contribution in [3.63, 3.8) is 0 Å². The smallest absolute Gasteiger partial charge is 0.323 e. The van der Waals surface area contributed by atoms with E-state index < -0.39 is 22.7 Å². The van der Waals surface area contributed by atoms with Crippen LogP contribution in [0.3, 0.4) is 0 Å². The lowest BCUT2D eigenvalue weighted by atomic mass is 10.0. The third-order valence-electron chi connectivity index (χ3n) is 3.75. The van der Waals surface area contributed by atoms with Crippen LogP contribution in [0.1, 0.15) is 44.6 Å². The van der Waals surface area contributed by atoms with Crippen molar-refractivity contribution in [2.75, 3.05) is 0 Å². The van der Waals surface area contributed by atoms with Crippen molar-refractivity contribution in [1.29, 1.82) is 0 Å². The molecular formula is C16H25O6PS. The Balaban J connectivity index is 2.36. The fourth-order valence-electron chi connectivity index (χ4n) is 2.45. The number of rotatable bonds is 10. The minimum absolute atomic E-state index is 0.267. The van der Waals surface area contributed by atoms with Crippen LogP contribution in [0.2, 0.25) is 0 Å². The van der Waals surface area contributed by atoms with Crippen LogP contribution >= 0.6 is 7.60 Å². The molecule has 1 unspecified atom stereocenters. The Labute approximate surface area is 143 Å². The lowest BCUT2D eigenvalue weighted by Gasteiger charge is -2.14. The zero-order valence-corrected chi connectivity index (χ0v) is 15.4. The largest absolute Gasteiger partial charge is 0.346 e. The van der Waals surface area contributed by atoms with Crippen LogP contribution < -0.4 is 0 Å². The molecule has 0 amide bonds. The summed E-state index contributed by atoms with van der Waals surface area (Å²) in [5.41, 5.74) is 2.44. The maximum absolute atomic E-state index is 11.1. The van der Waals surface area contributed by atoms with Gasteiger partial charge in [0.05, 0.1) is 0 Å². The molecule has 0 spiro atoms. The molecule has 3 N–H and O–H groups in total. The summed E-state index contributed by atoms with van der Waals surface area (Å²) >= 11 is 0. The van der Waals surface area contributed by atoms with Crippen molar-refractivity contribution in [2.45, 2.75) is 50.4 Å². The van der Waals surface area contributed by atoms with Gasteiger partial charge >= 0.3 is 7.60 Å². The minimum atomic E-state index is -4.87. The molecule has 8 heteroatoms. The standard InChI is InChI=1S/C16H25O6PS/c1-14(9-7-12-15-10-3-2-4-11-15)8-5-6-13-16(23(17,18)19)24(20,21)22/h2-4,8,10-11,16H,5-7,9,12-13H2,1H3,(H2,17,18,19)(H,20,21,22). The van der Waals surface area contributed by atoms with Crippen LogP contribution in [0, 0.1) is 0 Å². The van der Waals surface area contributed by atoms with Gasteiger partial charge in [-0.3, -0.25) is 9.12 Å². The predicted octanol–water partition coefficient (Wildman–Crippen LogP) is 3.52. The van der Waals surface area contributed by atoms with Gasteiger partial charge in [-0.2, -0.15) is 8.42 Å². The van der Waals surface area contributed by atoms with E-state index >= 15 is 0 Å². The van der Waals surface area contributed by atoms with E-state index in [9.17, 15) is 13.0 Å². The van der Waals surface area contributed by atoms with Crippen molar-refractivity contribution in [1.82, 2.24) is 0 Å². The summed E-state index contributed by atoms with van der Waals surface area (Å²) in [6, 6.07) is 10.1. The maximum atomic E-state index is 11.1. The number of hydrogen-bond donors (Lipinski definition) is 3. The summed E-state index contributed by atoms with van der Waals surface area (Å²) in [6.07, 6.45) is 5.38. The van der Waals surface area contributed by atoms with Crippen molar-refractivity contribution in [3.8, 4) is 0 Å². The average Bonchev–Trinajstić information content (AvgIpc) is 2.45. The Morgan fingerprint density at radius 3 is 2.38 bits per heavy atom. The molecule has 0 fully saturated rings. The third kappa shape index (κ3) is 8.22. The van der Waals surface area contributed by atoms with E-state index in [1.54, 1.807) is 0 Å². The van der Waals surface area contributed by atoms with Gasteiger partial charge in [0.2, 0.25) is 0 Å². The van der Waals surface area contributed by atoms with Gasteiger partial charge in [0.1, 0.15) is 0 Å². The van der Waals surface area contributed by atoms with E-state index in [1.807, 2.05) is 31.2 Å². The van der Waals surface area contributed by atoms with E-state index in [0.717, 1.165) is 24.8 Å². The summed E-state index contributed by atoms with van der Waals surface area (Å²) in [5, 5.41) is 0. The third-order valence-corrected chi connectivity index (χ3v) is 7.30. The monoisotopic (exact) mass is 376 g/mol. The molecule has 0 saturated carbocycles. The van der Waals surface area contributed by atoms with Gasteiger partial charge < -0.3 is 9.79 Å². The summed E-state index contributed by atoms with van der Waals surface area (Å²) in [4.78, 5) is 16.0. The molecule has 0 radical (unpaired) electrons. The zero-order chi connectivity index (χ0) is 18.2. The van der Waals surface area contributed by atoms with Crippen LogP contribution in [0.4, 0.5) is 0 Å². The lowest BCUT2D eigenvalue weighted by molar-refractivity contribution is 0.360. The highest BCUT2D eigenvalue weighted by atomic mass is 32.2. The second kappa shape index (κ2) is 9.49. The van der Waals surface area contributed by atoms with Crippen molar-refractivity contribution in [3.05, 3.63) is 47.5 Å². The molecule has 0 aliphatic heterocycles. The van der Waals surface area contributed by atoms with Gasteiger partial charge in [-0.05, 0) is 51.0 Å². The number of unbranched alkanes of at least 4 members (excludes halogenated alkanes) is 1. The van der Waals surface area contributed by atoms with Crippen LogP contribution in [-0.4, -0.2) is 27.7 Å². The molecule has 1 aromatic rings. The second-order valence-corrected chi connectivity index (χ2v) is 9.63. The Morgan fingerprint density at radius 1 is 1.21 bits per heavy atom. The molecule has 6 nitrogen and oxygen atoms in total. The molecule has 1 aromatic carbocycles. The first-order valence-corrected chi connectivity index (χ1v) is 11.0. The topological polar surface area (TPSA) is 112 Å². The second-order valence-electron chi connectivity index (χ2n) is 5.88. The van der Waals surface area contributed by atoms with Crippen LogP contribution in [0.15, 0.2) is 42.0 Å². The van der Waals surface area contributed by atoms with E-state index in [4.69, 9.17) is 14.3 Å². The van der Waals surface area contributed by atoms with Crippen LogP contribution in [0.25, 0.3) is 0 Å². The Hall–Kier alpha value is -0.980.